The van der Waals surface area contributed by atoms with Gasteiger partial charge in [-0.2, -0.15) is 13.2 Å². The lowest BCUT2D eigenvalue weighted by Crippen LogP contribution is -2.20. The zero-order valence-corrected chi connectivity index (χ0v) is 11.2. The molecular weight excluding hydrogens is 277 g/mol. The molecule has 0 saturated carbocycles. The third kappa shape index (κ3) is 3.36. The van der Waals surface area contributed by atoms with E-state index in [4.69, 9.17) is 4.74 Å². The van der Waals surface area contributed by atoms with Gasteiger partial charge in [0.2, 0.25) is 0 Å². The molecule has 0 amide bonds. The number of thiazole rings is 1. The molecule has 1 N–H and O–H groups in total. The van der Waals surface area contributed by atoms with Crippen molar-refractivity contribution in [1.29, 1.82) is 0 Å². The van der Waals surface area contributed by atoms with E-state index in [1.54, 1.807) is 7.11 Å². The van der Waals surface area contributed by atoms with E-state index in [0.29, 0.717) is 17.3 Å². The summed E-state index contributed by atoms with van der Waals surface area (Å²) in [5, 5.41) is 3.69. The van der Waals surface area contributed by atoms with E-state index in [2.05, 4.69) is 10.3 Å². The van der Waals surface area contributed by atoms with Crippen molar-refractivity contribution in [2.45, 2.75) is 19.1 Å². The van der Waals surface area contributed by atoms with Crippen LogP contribution in [0, 0.1) is 0 Å². The summed E-state index contributed by atoms with van der Waals surface area (Å²) in [6.07, 6.45) is -4.34. The summed E-state index contributed by atoms with van der Waals surface area (Å²) in [5.41, 5.74) is -0.325. The highest BCUT2D eigenvalue weighted by Crippen LogP contribution is 2.34. The van der Waals surface area contributed by atoms with Crippen LogP contribution >= 0.6 is 11.3 Å². The van der Waals surface area contributed by atoms with Gasteiger partial charge in [-0.15, -0.1) is 0 Å². The number of benzene rings is 1. The van der Waals surface area contributed by atoms with Gasteiger partial charge >= 0.3 is 6.18 Å². The number of halogens is 3. The molecule has 0 bridgehead atoms. The van der Waals surface area contributed by atoms with Crippen LogP contribution in [0.2, 0.25) is 0 Å². The van der Waals surface area contributed by atoms with E-state index < -0.39 is 11.7 Å². The minimum Gasteiger partial charge on any atom is -0.383 e. The molecule has 1 atom stereocenters. The number of fused-ring (bicyclic) bond motifs is 1. The van der Waals surface area contributed by atoms with Crippen LogP contribution in [-0.4, -0.2) is 24.7 Å². The van der Waals surface area contributed by atoms with Crippen LogP contribution in [0.5, 0.6) is 0 Å². The molecule has 0 aliphatic carbocycles. The molecule has 19 heavy (non-hydrogen) atoms. The number of methoxy groups -OCH3 is 1. The van der Waals surface area contributed by atoms with Crippen molar-refractivity contribution in [3.63, 3.8) is 0 Å². The first-order valence-corrected chi connectivity index (χ1v) is 6.45. The van der Waals surface area contributed by atoms with Gasteiger partial charge in [0.25, 0.3) is 0 Å². The maximum absolute atomic E-state index is 12.6. The molecule has 3 nitrogen and oxygen atoms in total. The second kappa shape index (κ2) is 5.34. The van der Waals surface area contributed by atoms with Crippen LogP contribution < -0.4 is 5.32 Å². The molecule has 0 saturated heterocycles. The Morgan fingerprint density at radius 1 is 1.42 bits per heavy atom. The normalized spacial score (nSPS) is 13.7. The van der Waals surface area contributed by atoms with Gasteiger partial charge < -0.3 is 10.1 Å². The number of nitrogens with zero attached hydrogens (tertiary/aromatic N) is 1. The Morgan fingerprint density at radius 3 is 2.79 bits per heavy atom. The lowest BCUT2D eigenvalue weighted by atomic mass is 10.2. The van der Waals surface area contributed by atoms with Gasteiger partial charge in [0, 0.05) is 13.2 Å². The minimum atomic E-state index is -4.34. The second-order valence-electron chi connectivity index (χ2n) is 4.20. The Morgan fingerprint density at radius 2 is 2.16 bits per heavy atom. The summed E-state index contributed by atoms with van der Waals surface area (Å²) in [6.45, 7) is 2.42. The van der Waals surface area contributed by atoms with Crippen molar-refractivity contribution in [2.24, 2.45) is 0 Å². The first-order chi connectivity index (χ1) is 8.90. The number of hydrogen-bond donors (Lipinski definition) is 1. The van der Waals surface area contributed by atoms with E-state index in [0.717, 1.165) is 16.8 Å². The predicted octanol–water partition coefficient (Wildman–Crippen LogP) is 3.76. The topological polar surface area (TPSA) is 34.1 Å². The summed E-state index contributed by atoms with van der Waals surface area (Å²) in [4.78, 5) is 4.16. The highest BCUT2D eigenvalue weighted by Gasteiger charge is 2.30. The van der Waals surface area contributed by atoms with Crippen LogP contribution in [0.25, 0.3) is 10.2 Å². The second-order valence-corrected chi connectivity index (χ2v) is 5.23. The Bertz CT molecular complexity index is 568. The molecule has 1 aromatic heterocycles. The summed E-state index contributed by atoms with van der Waals surface area (Å²) in [6, 6.07) is 3.63. The highest BCUT2D eigenvalue weighted by molar-refractivity contribution is 7.22. The molecular formula is C12H13F3N2OS. The molecule has 0 radical (unpaired) electrons. The third-order valence-corrected chi connectivity index (χ3v) is 3.47. The van der Waals surface area contributed by atoms with E-state index in [1.165, 1.54) is 17.4 Å². The first kappa shape index (κ1) is 14.1. The Balaban J connectivity index is 2.26. The first-order valence-electron chi connectivity index (χ1n) is 5.63. The average molecular weight is 290 g/mol. The molecule has 0 fully saturated rings. The van der Waals surface area contributed by atoms with Gasteiger partial charge in [-0.1, -0.05) is 11.3 Å². The monoisotopic (exact) mass is 290 g/mol. The van der Waals surface area contributed by atoms with Gasteiger partial charge in [-0.25, -0.2) is 4.98 Å². The van der Waals surface area contributed by atoms with E-state index in [9.17, 15) is 13.2 Å². The highest BCUT2D eigenvalue weighted by atomic mass is 32.1. The fraction of sp³-hybridized carbons (Fsp3) is 0.417. The fourth-order valence-corrected chi connectivity index (χ4v) is 2.63. The summed E-state index contributed by atoms with van der Waals surface area (Å²) in [5.74, 6) is 0. The van der Waals surface area contributed by atoms with E-state index in [-0.39, 0.29) is 6.04 Å². The molecule has 2 aromatic rings. The lowest BCUT2D eigenvalue weighted by molar-refractivity contribution is -0.137. The van der Waals surface area contributed by atoms with Crippen molar-refractivity contribution >= 4 is 26.7 Å². The standard InChI is InChI=1S/C12H13F3N2OS/c1-7(6-18-2)16-11-17-9-5-8(12(13,14)15)3-4-10(9)19-11/h3-5,7H,6H2,1-2H3,(H,16,17). The molecule has 1 heterocycles. The van der Waals surface area contributed by atoms with Gasteiger partial charge in [0.05, 0.1) is 22.4 Å². The van der Waals surface area contributed by atoms with Crippen LogP contribution in [0.4, 0.5) is 18.3 Å². The zero-order valence-electron chi connectivity index (χ0n) is 10.4. The number of aromatic nitrogens is 1. The molecule has 0 aliphatic rings. The number of hydrogen-bond acceptors (Lipinski definition) is 4. The van der Waals surface area contributed by atoms with Crippen LogP contribution in [0.15, 0.2) is 18.2 Å². The van der Waals surface area contributed by atoms with Gasteiger partial charge in [-0.3, -0.25) is 0 Å². The zero-order chi connectivity index (χ0) is 14.0. The van der Waals surface area contributed by atoms with E-state index >= 15 is 0 Å². The summed E-state index contributed by atoms with van der Waals surface area (Å²) in [7, 11) is 1.59. The smallest absolute Gasteiger partial charge is 0.383 e. The number of alkyl halides is 3. The van der Waals surface area contributed by atoms with Crippen molar-refractivity contribution in [1.82, 2.24) is 4.98 Å². The van der Waals surface area contributed by atoms with Crippen LogP contribution in [0.3, 0.4) is 0 Å². The summed E-state index contributed by atoms with van der Waals surface area (Å²) >= 11 is 1.33. The average Bonchev–Trinajstić information content (AvgIpc) is 2.68. The molecule has 7 heteroatoms. The van der Waals surface area contributed by atoms with Crippen LogP contribution in [0.1, 0.15) is 12.5 Å². The molecule has 2 rings (SSSR count). The quantitative estimate of drug-likeness (QED) is 0.931. The van der Waals surface area contributed by atoms with Crippen molar-refractivity contribution in [3.05, 3.63) is 23.8 Å². The molecule has 0 spiro atoms. The SMILES string of the molecule is COCC(C)Nc1nc2cc(C(F)(F)F)ccc2s1. The molecule has 0 aliphatic heterocycles. The van der Waals surface area contributed by atoms with Crippen molar-refractivity contribution in [3.8, 4) is 0 Å². The summed E-state index contributed by atoms with van der Waals surface area (Å²) < 4.78 is 43.4. The van der Waals surface area contributed by atoms with Gasteiger partial charge in [-0.05, 0) is 25.1 Å². The molecule has 1 unspecified atom stereocenters. The lowest BCUT2D eigenvalue weighted by Gasteiger charge is -2.10. The minimum absolute atomic E-state index is 0.0487. The third-order valence-electron chi connectivity index (χ3n) is 2.50. The van der Waals surface area contributed by atoms with Gasteiger partial charge in [0.15, 0.2) is 5.13 Å². The van der Waals surface area contributed by atoms with Crippen LogP contribution in [-0.2, 0) is 10.9 Å². The van der Waals surface area contributed by atoms with Crippen molar-refractivity contribution < 1.29 is 17.9 Å². The van der Waals surface area contributed by atoms with E-state index in [1.807, 2.05) is 6.92 Å². The predicted molar refractivity (Wildman–Crippen MR) is 69.6 cm³/mol. The maximum Gasteiger partial charge on any atom is 0.416 e. The maximum atomic E-state index is 12.6. The fourth-order valence-electron chi connectivity index (χ4n) is 1.67. The number of rotatable bonds is 4. The number of ether oxygens (including phenoxy) is 1. The Labute approximate surface area is 112 Å². The molecule has 104 valence electrons. The van der Waals surface area contributed by atoms with Crippen molar-refractivity contribution in [2.75, 3.05) is 19.0 Å². The number of anilines is 1. The Hall–Kier alpha value is -1.34. The van der Waals surface area contributed by atoms with Gasteiger partial charge in [0.1, 0.15) is 0 Å². The Kier molecular flexibility index (Phi) is 3.96. The molecule has 1 aromatic carbocycles. The number of nitrogens with one attached hydrogen (secondary N) is 1. The largest absolute Gasteiger partial charge is 0.416 e.